The number of para-hydroxylation sites is 1. The van der Waals surface area contributed by atoms with Crippen LogP contribution in [0.2, 0.25) is 0 Å². The molecule has 1 fully saturated rings. The van der Waals surface area contributed by atoms with Crippen LogP contribution in [0.5, 0.6) is 0 Å². The maximum atomic E-state index is 12.1. The third kappa shape index (κ3) is 2.92. The van der Waals surface area contributed by atoms with Gasteiger partial charge in [-0.05, 0) is 31.0 Å². The molecular formula is C17H18N6O. The number of rotatable bonds is 3. The molecule has 2 aromatic heterocycles. The number of hydrogen-bond acceptors (Lipinski definition) is 6. The summed E-state index contributed by atoms with van der Waals surface area (Å²) in [4.78, 5) is 30.2. The van der Waals surface area contributed by atoms with Gasteiger partial charge in [-0.25, -0.2) is 15.0 Å². The van der Waals surface area contributed by atoms with Crippen molar-refractivity contribution in [3.05, 3.63) is 53.1 Å². The molecule has 122 valence electrons. The number of nitrogens with zero attached hydrogens (tertiary/aromatic N) is 4. The van der Waals surface area contributed by atoms with Crippen molar-refractivity contribution in [1.29, 1.82) is 0 Å². The summed E-state index contributed by atoms with van der Waals surface area (Å²) in [6.45, 7) is 1.75. The molecule has 0 spiro atoms. The monoisotopic (exact) mass is 322 g/mol. The zero-order valence-electron chi connectivity index (χ0n) is 13.1. The fourth-order valence-corrected chi connectivity index (χ4v) is 3.03. The molecule has 2 N–H and O–H groups in total. The lowest BCUT2D eigenvalue weighted by Crippen LogP contribution is -2.40. The van der Waals surface area contributed by atoms with Crippen molar-refractivity contribution < 1.29 is 0 Å². The maximum absolute atomic E-state index is 12.1. The van der Waals surface area contributed by atoms with E-state index in [1.165, 1.54) is 0 Å². The summed E-state index contributed by atoms with van der Waals surface area (Å²) in [6.07, 6.45) is 5.40. The molecule has 3 heterocycles. The predicted octanol–water partition coefficient (Wildman–Crippen LogP) is 1.79. The molecule has 3 aromatic rings. The molecule has 24 heavy (non-hydrogen) atoms. The van der Waals surface area contributed by atoms with E-state index in [0.717, 1.165) is 31.9 Å². The van der Waals surface area contributed by atoms with Gasteiger partial charge >= 0.3 is 0 Å². The van der Waals surface area contributed by atoms with Crippen LogP contribution in [0.4, 0.5) is 11.9 Å². The molecule has 0 bridgehead atoms. The number of fused-ring (bicyclic) bond motifs is 1. The molecule has 7 nitrogen and oxygen atoms in total. The Morgan fingerprint density at radius 3 is 2.62 bits per heavy atom. The first-order valence-corrected chi connectivity index (χ1v) is 8.07. The number of aromatic nitrogens is 4. The Labute approximate surface area is 138 Å². The van der Waals surface area contributed by atoms with E-state index in [1.807, 2.05) is 24.3 Å². The van der Waals surface area contributed by atoms with Gasteiger partial charge in [0.2, 0.25) is 11.9 Å². The minimum absolute atomic E-state index is 0.113. The average Bonchev–Trinajstić information content (AvgIpc) is 2.63. The summed E-state index contributed by atoms with van der Waals surface area (Å²) in [5, 5.41) is 3.96. The second kappa shape index (κ2) is 6.27. The van der Waals surface area contributed by atoms with E-state index < -0.39 is 0 Å². The zero-order chi connectivity index (χ0) is 16.4. The van der Waals surface area contributed by atoms with E-state index in [1.54, 1.807) is 18.5 Å². The Morgan fingerprint density at radius 1 is 1.08 bits per heavy atom. The van der Waals surface area contributed by atoms with Crippen LogP contribution in [-0.2, 0) is 0 Å². The van der Waals surface area contributed by atoms with Gasteiger partial charge in [-0.3, -0.25) is 9.78 Å². The number of benzene rings is 1. The third-order valence-electron chi connectivity index (χ3n) is 4.28. The third-order valence-corrected chi connectivity index (χ3v) is 4.28. The molecule has 0 aliphatic carbocycles. The number of hydrogen-bond donors (Lipinski definition) is 2. The lowest BCUT2D eigenvalue weighted by molar-refractivity contribution is 0.517. The van der Waals surface area contributed by atoms with E-state index in [2.05, 4.69) is 30.2 Å². The first-order valence-electron chi connectivity index (χ1n) is 8.07. The molecule has 7 heteroatoms. The van der Waals surface area contributed by atoms with Gasteiger partial charge < -0.3 is 10.2 Å². The van der Waals surface area contributed by atoms with Gasteiger partial charge in [-0.15, -0.1) is 0 Å². The zero-order valence-corrected chi connectivity index (χ0v) is 13.1. The number of anilines is 2. The van der Waals surface area contributed by atoms with Crippen LogP contribution in [0, 0.1) is 0 Å². The summed E-state index contributed by atoms with van der Waals surface area (Å²) in [5.74, 6) is 1.31. The summed E-state index contributed by atoms with van der Waals surface area (Å²) >= 11 is 0. The summed E-state index contributed by atoms with van der Waals surface area (Å²) < 4.78 is 0. The van der Waals surface area contributed by atoms with Gasteiger partial charge in [0.05, 0.1) is 10.9 Å². The number of nitrogens with one attached hydrogen (secondary N) is 2. The Bertz CT molecular complexity index is 886. The maximum Gasteiger partial charge on any atom is 0.260 e. The van der Waals surface area contributed by atoms with Crippen molar-refractivity contribution in [3.63, 3.8) is 0 Å². The van der Waals surface area contributed by atoms with Gasteiger partial charge in [0.15, 0.2) is 0 Å². The Morgan fingerprint density at radius 2 is 1.83 bits per heavy atom. The van der Waals surface area contributed by atoms with Gasteiger partial charge in [0, 0.05) is 31.5 Å². The molecular weight excluding hydrogens is 304 g/mol. The second-order valence-corrected chi connectivity index (χ2v) is 5.89. The number of aromatic amines is 1. The fraction of sp³-hybridized carbons (Fsp3) is 0.294. The van der Waals surface area contributed by atoms with Gasteiger partial charge in [-0.1, -0.05) is 12.1 Å². The van der Waals surface area contributed by atoms with E-state index in [4.69, 9.17) is 0 Å². The van der Waals surface area contributed by atoms with Crippen LogP contribution >= 0.6 is 0 Å². The van der Waals surface area contributed by atoms with Crippen LogP contribution in [0.1, 0.15) is 12.8 Å². The quantitative estimate of drug-likeness (QED) is 0.764. The highest BCUT2D eigenvalue weighted by atomic mass is 16.1. The largest absolute Gasteiger partial charge is 0.353 e. The van der Waals surface area contributed by atoms with E-state index in [-0.39, 0.29) is 11.6 Å². The van der Waals surface area contributed by atoms with Crippen LogP contribution in [-0.4, -0.2) is 39.1 Å². The summed E-state index contributed by atoms with van der Waals surface area (Å²) in [5.41, 5.74) is 0.595. The van der Waals surface area contributed by atoms with Crippen LogP contribution in [0.15, 0.2) is 47.5 Å². The highest BCUT2D eigenvalue weighted by Gasteiger charge is 2.21. The van der Waals surface area contributed by atoms with Crippen LogP contribution in [0.3, 0.4) is 0 Å². The van der Waals surface area contributed by atoms with Gasteiger partial charge in [0.1, 0.15) is 0 Å². The molecule has 4 rings (SSSR count). The van der Waals surface area contributed by atoms with Crippen molar-refractivity contribution in [2.75, 3.05) is 23.3 Å². The Kier molecular flexibility index (Phi) is 3.82. The number of H-pyrrole nitrogens is 1. The van der Waals surface area contributed by atoms with Crippen LogP contribution in [0.25, 0.3) is 10.9 Å². The Balaban J connectivity index is 1.45. The van der Waals surface area contributed by atoms with E-state index in [0.29, 0.717) is 16.9 Å². The average molecular weight is 322 g/mol. The van der Waals surface area contributed by atoms with Gasteiger partial charge in [0.25, 0.3) is 5.56 Å². The molecule has 0 atom stereocenters. The van der Waals surface area contributed by atoms with Crippen molar-refractivity contribution in [1.82, 2.24) is 19.9 Å². The summed E-state index contributed by atoms with van der Waals surface area (Å²) in [6, 6.07) is 9.45. The molecule has 0 saturated carbocycles. The number of piperidine rings is 1. The van der Waals surface area contributed by atoms with Crippen molar-refractivity contribution in [2.45, 2.75) is 18.9 Å². The molecule has 0 amide bonds. The van der Waals surface area contributed by atoms with E-state index in [9.17, 15) is 4.79 Å². The normalized spacial score (nSPS) is 15.6. The SMILES string of the molecule is O=c1[nH]c(NC2CCN(c3ncccn3)CC2)nc2ccccc12. The highest BCUT2D eigenvalue weighted by Crippen LogP contribution is 2.18. The molecule has 1 aliphatic heterocycles. The molecule has 1 aromatic carbocycles. The van der Waals surface area contributed by atoms with Gasteiger partial charge in [-0.2, -0.15) is 0 Å². The smallest absolute Gasteiger partial charge is 0.260 e. The summed E-state index contributed by atoms with van der Waals surface area (Å²) in [7, 11) is 0. The first-order chi connectivity index (χ1) is 11.8. The van der Waals surface area contributed by atoms with Crippen molar-refractivity contribution in [3.8, 4) is 0 Å². The Hall–Kier alpha value is -2.96. The first kappa shape index (κ1) is 14.6. The lowest BCUT2D eigenvalue weighted by atomic mass is 10.1. The molecule has 0 radical (unpaired) electrons. The van der Waals surface area contributed by atoms with Crippen molar-refractivity contribution in [2.24, 2.45) is 0 Å². The molecule has 1 aliphatic rings. The standard InChI is InChI=1S/C17H18N6O/c24-15-13-4-1-2-5-14(13)21-16(22-15)20-12-6-10-23(11-7-12)17-18-8-3-9-19-17/h1-5,8-9,12H,6-7,10-11H2,(H2,20,21,22,24). The van der Waals surface area contributed by atoms with Crippen molar-refractivity contribution >= 4 is 22.8 Å². The second-order valence-electron chi connectivity index (χ2n) is 5.89. The fourth-order valence-electron chi connectivity index (χ4n) is 3.03. The molecule has 0 unspecified atom stereocenters. The minimum Gasteiger partial charge on any atom is -0.353 e. The molecule has 1 saturated heterocycles. The highest BCUT2D eigenvalue weighted by molar-refractivity contribution is 5.78. The lowest BCUT2D eigenvalue weighted by Gasteiger charge is -2.32. The topological polar surface area (TPSA) is 86.8 Å². The minimum atomic E-state index is -0.113. The predicted molar refractivity (Wildman–Crippen MR) is 93.3 cm³/mol. The van der Waals surface area contributed by atoms with E-state index >= 15 is 0 Å². The van der Waals surface area contributed by atoms with Crippen LogP contribution < -0.4 is 15.8 Å².